The predicted molar refractivity (Wildman–Crippen MR) is 82.7 cm³/mol. The van der Waals surface area contributed by atoms with E-state index in [0.717, 1.165) is 0 Å². The van der Waals surface area contributed by atoms with Crippen molar-refractivity contribution in [3.8, 4) is 0 Å². The van der Waals surface area contributed by atoms with Crippen LogP contribution in [0.2, 0.25) is 6.32 Å². The summed E-state index contributed by atoms with van der Waals surface area (Å²) >= 11 is 0. The summed E-state index contributed by atoms with van der Waals surface area (Å²) in [5, 5.41) is 16.5. The summed E-state index contributed by atoms with van der Waals surface area (Å²) in [5.74, 6) is -0.582. The second-order valence-electron chi connectivity index (χ2n) is 3.28. The van der Waals surface area contributed by atoms with E-state index in [2.05, 4.69) is 14.7 Å². The van der Waals surface area contributed by atoms with Crippen molar-refractivity contribution in [3.05, 3.63) is 0 Å². The maximum absolute atomic E-state index is 10.0. The predicted octanol–water partition coefficient (Wildman–Crippen LogP) is 0.0779. The summed E-state index contributed by atoms with van der Waals surface area (Å²) in [6.07, 6.45) is 1.60. The molecule has 2 N–H and O–H groups in total. The Morgan fingerprint density at radius 2 is 1.53 bits per heavy atom. The van der Waals surface area contributed by atoms with Gasteiger partial charge in [0.2, 0.25) is 0 Å². The first-order chi connectivity index (χ1) is 8.04. The highest BCUT2D eigenvalue weighted by atomic mass is 33.1. The van der Waals surface area contributed by atoms with Crippen molar-refractivity contribution in [3.63, 3.8) is 0 Å². The summed E-state index contributed by atoms with van der Waals surface area (Å²) in [6.45, 7) is 2.21. The molecule has 0 heterocycles. The van der Waals surface area contributed by atoms with Crippen LogP contribution in [0.3, 0.4) is 0 Å². The van der Waals surface area contributed by atoms with E-state index in [1.807, 2.05) is 0 Å². The number of carboxylic acid groups (broad SMARTS) is 2. The number of hydrogen-bond donors (Lipinski definition) is 2. The van der Waals surface area contributed by atoms with Crippen LogP contribution in [0.15, 0.2) is 0 Å². The molecule has 0 aliphatic rings. The average Bonchev–Trinajstić information content (AvgIpc) is 2.24. The van der Waals surface area contributed by atoms with Gasteiger partial charge in [-0.2, -0.15) is 0 Å². The van der Waals surface area contributed by atoms with Crippen LogP contribution in [-0.2, 0) is 9.59 Å². The van der Waals surface area contributed by atoms with Crippen LogP contribution < -0.4 is 0 Å². The molecule has 0 rings (SSSR count). The molecule has 0 aromatic rings. The highest BCUT2D eigenvalue weighted by Crippen LogP contribution is 2.22. The molecule has 4 nitrogen and oxygen atoms in total. The van der Waals surface area contributed by atoms with Crippen LogP contribution in [0.25, 0.3) is 0 Å². The third kappa shape index (κ3) is 25.8. The molecule has 0 aliphatic heterocycles. The fourth-order valence-electron chi connectivity index (χ4n) is 0.729. The number of carboxylic acids is 2. The van der Waals surface area contributed by atoms with Gasteiger partial charge in [-0.3, -0.25) is 9.59 Å². The Kier molecular flexibility index (Phi) is 17.9. The van der Waals surface area contributed by atoms with Crippen LogP contribution in [0, 0.1) is 0 Å². The van der Waals surface area contributed by atoms with Gasteiger partial charge in [0.05, 0.1) is 34.8 Å². The second-order valence-corrected chi connectivity index (χ2v) is 5.99. The third-order valence-electron chi connectivity index (χ3n) is 1.59. The van der Waals surface area contributed by atoms with Gasteiger partial charge >= 0.3 is 11.9 Å². The van der Waals surface area contributed by atoms with E-state index in [9.17, 15) is 9.59 Å². The molecule has 0 saturated carbocycles. The lowest BCUT2D eigenvalue weighted by molar-refractivity contribution is -0.137. The van der Waals surface area contributed by atoms with E-state index in [-0.39, 0.29) is 12.8 Å². The van der Waals surface area contributed by atoms with Crippen LogP contribution in [0.5, 0.6) is 0 Å². The molecule has 0 aliphatic carbocycles. The Morgan fingerprint density at radius 3 is 1.71 bits per heavy atom. The highest BCUT2D eigenvalue weighted by molar-refractivity contribution is 8.76. The Morgan fingerprint density at radius 1 is 1.12 bits per heavy atom. The first-order valence-electron chi connectivity index (χ1n) is 5.72. The van der Waals surface area contributed by atoms with Crippen molar-refractivity contribution >= 4 is 55.5 Å². The standard InChI is InChI=1S/C6H10O4S2.C2H9B3/c7-5(8)1-3-11-12-4-2-6(9)10;1-2-4-5-3/h1-4H2,(H,7,8)(H,9,10);4-5H,2-3H2,1H3. The minimum Gasteiger partial charge on any atom is -0.481 e. The maximum Gasteiger partial charge on any atom is 0.304 e. The van der Waals surface area contributed by atoms with Gasteiger partial charge in [0.15, 0.2) is 0 Å². The van der Waals surface area contributed by atoms with E-state index < -0.39 is 11.9 Å². The number of rotatable bonds is 9. The molecule has 0 atom stereocenters. The monoisotopic (exact) mass is 276 g/mol. The Hall–Kier alpha value is -0.165. The van der Waals surface area contributed by atoms with E-state index in [0.29, 0.717) is 11.5 Å². The van der Waals surface area contributed by atoms with Gasteiger partial charge in [-0.05, 0) is 0 Å². The molecule has 0 bridgehead atoms. The van der Waals surface area contributed by atoms with Crippen molar-refractivity contribution in [1.29, 1.82) is 0 Å². The molecule has 0 amide bonds. The molecule has 0 aromatic heterocycles. The van der Waals surface area contributed by atoms with Gasteiger partial charge in [-0.25, -0.2) is 0 Å². The number of hydrogen-bond acceptors (Lipinski definition) is 4. The molecule has 0 radical (unpaired) electrons. The fourth-order valence-corrected chi connectivity index (χ4v) is 2.69. The van der Waals surface area contributed by atoms with Gasteiger partial charge in [0.25, 0.3) is 0 Å². The van der Waals surface area contributed by atoms with Gasteiger partial charge in [-0.1, -0.05) is 34.8 Å². The normalized spacial score (nSPS) is 8.76. The largest absolute Gasteiger partial charge is 0.481 e. The summed E-state index contributed by atoms with van der Waals surface area (Å²) in [6, 6.07) is 0. The van der Waals surface area contributed by atoms with E-state index in [4.69, 9.17) is 10.2 Å². The van der Waals surface area contributed by atoms with Crippen LogP contribution in [0.4, 0.5) is 0 Å². The lowest BCUT2D eigenvalue weighted by Crippen LogP contribution is -1.98. The molecular weight excluding hydrogens is 257 g/mol. The SMILES string of the molecule is BBBCC.O=C(O)CCSSCCC(=O)O. The average molecular weight is 276 g/mol. The first kappa shape index (κ1) is 19.2. The molecule has 0 fully saturated rings. The number of carbonyl (C=O) groups is 2. The molecule has 9 heteroatoms. The van der Waals surface area contributed by atoms with Crippen molar-refractivity contribution in [2.24, 2.45) is 0 Å². The van der Waals surface area contributed by atoms with Gasteiger partial charge in [-0.15, -0.1) is 0 Å². The van der Waals surface area contributed by atoms with E-state index in [1.54, 1.807) is 0 Å². The Bertz CT molecular complexity index is 187. The summed E-state index contributed by atoms with van der Waals surface area (Å²) < 4.78 is 0. The topological polar surface area (TPSA) is 74.6 Å². The molecular formula is C8H19B3O4S2. The quantitative estimate of drug-likeness (QED) is 0.353. The molecule has 0 saturated heterocycles. The van der Waals surface area contributed by atoms with Gasteiger partial charge in [0.1, 0.15) is 0 Å². The first-order valence-corrected chi connectivity index (χ1v) is 8.21. The second kappa shape index (κ2) is 15.8. The highest BCUT2D eigenvalue weighted by Gasteiger charge is 1.99. The smallest absolute Gasteiger partial charge is 0.304 e. The van der Waals surface area contributed by atoms with Crippen molar-refractivity contribution < 1.29 is 19.8 Å². The van der Waals surface area contributed by atoms with Crippen LogP contribution >= 0.6 is 21.6 Å². The van der Waals surface area contributed by atoms with E-state index in [1.165, 1.54) is 42.1 Å². The van der Waals surface area contributed by atoms with E-state index >= 15 is 0 Å². The lowest BCUT2D eigenvalue weighted by Gasteiger charge is -1.95. The Balaban J connectivity index is 0. The molecule has 0 aromatic carbocycles. The summed E-state index contributed by atoms with van der Waals surface area (Å²) in [5.41, 5.74) is 0. The molecule has 0 unspecified atom stereocenters. The Labute approximate surface area is 113 Å². The summed E-state index contributed by atoms with van der Waals surface area (Å²) in [4.78, 5) is 20.0. The zero-order chi connectivity index (χ0) is 13.5. The van der Waals surface area contributed by atoms with Crippen molar-refractivity contribution in [2.75, 3.05) is 11.5 Å². The lowest BCUT2D eigenvalue weighted by atomic mass is 9.27. The molecule has 17 heavy (non-hydrogen) atoms. The zero-order valence-electron chi connectivity index (χ0n) is 10.5. The van der Waals surface area contributed by atoms with Crippen LogP contribution in [-0.4, -0.2) is 55.6 Å². The third-order valence-corrected chi connectivity index (χ3v) is 4.00. The number of aliphatic carboxylic acids is 2. The van der Waals surface area contributed by atoms with Crippen molar-refractivity contribution in [2.45, 2.75) is 26.1 Å². The van der Waals surface area contributed by atoms with Gasteiger partial charge in [0, 0.05) is 11.5 Å². The minimum absolute atomic E-state index is 0.130. The minimum atomic E-state index is -0.818. The maximum atomic E-state index is 10.0. The van der Waals surface area contributed by atoms with Crippen molar-refractivity contribution in [1.82, 2.24) is 0 Å². The molecule has 96 valence electrons. The summed E-state index contributed by atoms with van der Waals surface area (Å²) in [7, 11) is 7.74. The van der Waals surface area contributed by atoms with Crippen LogP contribution in [0.1, 0.15) is 19.8 Å². The zero-order valence-corrected chi connectivity index (χ0v) is 12.1. The van der Waals surface area contributed by atoms with Gasteiger partial charge < -0.3 is 10.2 Å². The molecule has 0 spiro atoms. The fraction of sp³-hybridized carbons (Fsp3) is 0.750.